The Morgan fingerprint density at radius 3 is 2.48 bits per heavy atom. The van der Waals surface area contributed by atoms with Crippen molar-refractivity contribution in [2.45, 2.75) is 52.9 Å². The van der Waals surface area contributed by atoms with E-state index in [1.54, 1.807) is 0 Å². The van der Waals surface area contributed by atoms with E-state index in [4.69, 9.17) is 4.74 Å². The van der Waals surface area contributed by atoms with Gasteiger partial charge in [0.2, 0.25) is 0 Å². The maximum atomic E-state index is 6.20. The van der Waals surface area contributed by atoms with Crippen molar-refractivity contribution in [3.63, 3.8) is 0 Å². The van der Waals surface area contributed by atoms with Crippen LogP contribution in [0.25, 0.3) is 0 Å². The molecule has 1 N–H and O–H groups in total. The van der Waals surface area contributed by atoms with E-state index in [0.717, 1.165) is 43.0 Å². The molecule has 0 spiro atoms. The minimum atomic E-state index is 0.752. The van der Waals surface area contributed by atoms with Crippen molar-refractivity contribution in [3.8, 4) is 0 Å². The average molecular weight is 315 g/mol. The standard InChI is InChI=1S/C19H29N3O/c1-4-7-8-12-15-23-19-17(5-2)22(6-3)21-20-18(19)16-13-10-9-11-14-16/h9-11,13-14,21H,4-8,12,15H2,1-3H3. The van der Waals surface area contributed by atoms with Gasteiger partial charge in [-0.2, -0.15) is 5.10 Å². The van der Waals surface area contributed by atoms with Crippen LogP contribution in [0.2, 0.25) is 0 Å². The first-order chi connectivity index (χ1) is 11.3. The number of rotatable bonds is 9. The molecule has 1 aliphatic heterocycles. The SMILES string of the molecule is CCCCCCOC1=C(CC)N(CC)NN=C1c1ccccc1. The lowest BCUT2D eigenvalue weighted by molar-refractivity contribution is 0.178. The predicted octanol–water partition coefficient (Wildman–Crippen LogP) is 4.45. The van der Waals surface area contributed by atoms with Crippen molar-refractivity contribution in [2.24, 2.45) is 5.10 Å². The second-order valence-corrected chi connectivity index (χ2v) is 5.71. The molecular weight excluding hydrogens is 286 g/mol. The Labute approximate surface area is 140 Å². The largest absolute Gasteiger partial charge is 0.489 e. The highest BCUT2D eigenvalue weighted by Crippen LogP contribution is 2.23. The minimum absolute atomic E-state index is 0.752. The van der Waals surface area contributed by atoms with Crippen LogP contribution in [0.4, 0.5) is 0 Å². The molecule has 0 aliphatic carbocycles. The predicted molar refractivity (Wildman–Crippen MR) is 95.9 cm³/mol. The quantitative estimate of drug-likeness (QED) is 0.684. The van der Waals surface area contributed by atoms with Gasteiger partial charge in [-0.25, -0.2) is 5.53 Å². The Kier molecular flexibility index (Phi) is 6.98. The summed E-state index contributed by atoms with van der Waals surface area (Å²) in [6.45, 7) is 8.11. The van der Waals surface area contributed by atoms with Crippen LogP contribution in [0.3, 0.4) is 0 Å². The van der Waals surface area contributed by atoms with E-state index in [1.807, 2.05) is 18.2 Å². The van der Waals surface area contributed by atoms with Crippen molar-refractivity contribution in [1.82, 2.24) is 10.5 Å². The second-order valence-electron chi connectivity index (χ2n) is 5.71. The molecule has 1 aromatic rings. The van der Waals surface area contributed by atoms with Crippen LogP contribution >= 0.6 is 0 Å². The number of nitrogens with one attached hydrogen (secondary N) is 1. The lowest BCUT2D eigenvalue weighted by Crippen LogP contribution is -2.40. The molecule has 1 aliphatic rings. The van der Waals surface area contributed by atoms with E-state index < -0.39 is 0 Å². The number of hydrogen-bond donors (Lipinski definition) is 1. The summed E-state index contributed by atoms with van der Waals surface area (Å²) in [5.41, 5.74) is 6.31. The molecule has 4 nitrogen and oxygen atoms in total. The normalized spacial score (nSPS) is 14.6. The maximum absolute atomic E-state index is 6.20. The molecule has 0 radical (unpaired) electrons. The summed E-state index contributed by atoms with van der Waals surface area (Å²) in [5, 5.41) is 6.62. The smallest absolute Gasteiger partial charge is 0.168 e. The van der Waals surface area contributed by atoms with Gasteiger partial charge in [0, 0.05) is 12.1 Å². The van der Waals surface area contributed by atoms with Crippen LogP contribution in [0.1, 0.15) is 58.4 Å². The number of benzene rings is 1. The van der Waals surface area contributed by atoms with Crippen LogP contribution in [0, 0.1) is 0 Å². The second kappa shape index (κ2) is 9.23. The van der Waals surface area contributed by atoms with E-state index in [2.05, 4.69) is 48.5 Å². The van der Waals surface area contributed by atoms with Gasteiger partial charge in [-0.1, -0.05) is 63.4 Å². The number of unbranched alkanes of at least 4 members (excludes halogenated alkanes) is 3. The summed E-state index contributed by atoms with van der Waals surface area (Å²) in [6, 6.07) is 10.3. The molecule has 0 saturated carbocycles. The van der Waals surface area contributed by atoms with Crippen LogP contribution in [-0.2, 0) is 4.74 Å². The lowest BCUT2D eigenvalue weighted by atomic mass is 10.1. The highest BCUT2D eigenvalue weighted by molar-refractivity contribution is 6.11. The van der Waals surface area contributed by atoms with Crippen molar-refractivity contribution < 1.29 is 4.74 Å². The Bertz CT molecular complexity index is 537. The summed E-state index contributed by atoms with van der Waals surface area (Å²) in [6.07, 6.45) is 5.74. The van der Waals surface area contributed by atoms with Gasteiger partial charge in [0.15, 0.2) is 5.76 Å². The molecule has 23 heavy (non-hydrogen) atoms. The van der Waals surface area contributed by atoms with Crippen LogP contribution < -0.4 is 5.53 Å². The Balaban J connectivity index is 2.19. The fraction of sp³-hybridized carbons (Fsp3) is 0.526. The van der Waals surface area contributed by atoms with Gasteiger partial charge in [-0.15, -0.1) is 0 Å². The van der Waals surface area contributed by atoms with E-state index in [9.17, 15) is 0 Å². The monoisotopic (exact) mass is 315 g/mol. The summed E-state index contributed by atoms with van der Waals surface area (Å²) in [7, 11) is 0. The van der Waals surface area contributed by atoms with Crippen molar-refractivity contribution in [1.29, 1.82) is 0 Å². The molecule has 0 aromatic heterocycles. The average Bonchev–Trinajstić information content (AvgIpc) is 2.61. The fourth-order valence-electron chi connectivity index (χ4n) is 2.74. The highest BCUT2D eigenvalue weighted by Gasteiger charge is 2.24. The van der Waals surface area contributed by atoms with Crippen LogP contribution in [0.15, 0.2) is 46.9 Å². The molecule has 4 heteroatoms. The Morgan fingerprint density at radius 2 is 1.83 bits per heavy atom. The number of hydrazone groups is 1. The van der Waals surface area contributed by atoms with E-state index >= 15 is 0 Å². The van der Waals surface area contributed by atoms with E-state index in [0.29, 0.717) is 0 Å². The van der Waals surface area contributed by atoms with Gasteiger partial charge in [-0.3, -0.25) is 5.01 Å². The molecule has 0 fully saturated rings. The summed E-state index contributed by atoms with van der Waals surface area (Å²) < 4.78 is 6.20. The molecule has 0 unspecified atom stereocenters. The zero-order valence-electron chi connectivity index (χ0n) is 14.6. The third-order valence-corrected chi connectivity index (χ3v) is 4.03. The maximum Gasteiger partial charge on any atom is 0.168 e. The van der Waals surface area contributed by atoms with Gasteiger partial charge in [-0.05, 0) is 19.8 Å². The van der Waals surface area contributed by atoms with Crippen molar-refractivity contribution >= 4 is 5.71 Å². The first kappa shape index (κ1) is 17.4. The Hall–Kier alpha value is -1.97. The molecule has 1 heterocycles. The van der Waals surface area contributed by atoms with Gasteiger partial charge in [0.05, 0.1) is 12.3 Å². The molecule has 2 rings (SSSR count). The minimum Gasteiger partial charge on any atom is -0.489 e. The van der Waals surface area contributed by atoms with Crippen molar-refractivity contribution in [2.75, 3.05) is 13.2 Å². The van der Waals surface area contributed by atoms with Crippen LogP contribution in [-0.4, -0.2) is 23.9 Å². The number of nitrogens with zero attached hydrogens (tertiary/aromatic N) is 2. The topological polar surface area (TPSA) is 36.9 Å². The zero-order chi connectivity index (χ0) is 16.5. The number of hydrazine groups is 1. The van der Waals surface area contributed by atoms with Crippen LogP contribution in [0.5, 0.6) is 0 Å². The first-order valence-electron chi connectivity index (χ1n) is 8.84. The fourth-order valence-corrected chi connectivity index (χ4v) is 2.74. The first-order valence-corrected chi connectivity index (χ1v) is 8.84. The highest BCUT2D eigenvalue weighted by atomic mass is 16.5. The summed E-state index contributed by atoms with van der Waals surface area (Å²) in [4.78, 5) is 0. The van der Waals surface area contributed by atoms with Gasteiger partial charge in [0.1, 0.15) is 5.71 Å². The number of allylic oxidation sites excluding steroid dienone is 2. The number of ether oxygens (including phenoxy) is 1. The molecule has 0 bridgehead atoms. The summed E-state index contributed by atoms with van der Waals surface area (Å²) in [5.74, 6) is 0.927. The van der Waals surface area contributed by atoms with E-state index in [-0.39, 0.29) is 0 Å². The molecule has 0 saturated heterocycles. The molecule has 1 aromatic carbocycles. The molecule has 126 valence electrons. The van der Waals surface area contributed by atoms with Gasteiger partial charge < -0.3 is 4.74 Å². The zero-order valence-corrected chi connectivity index (χ0v) is 14.6. The lowest BCUT2D eigenvalue weighted by Gasteiger charge is -2.31. The molecule has 0 amide bonds. The van der Waals surface area contributed by atoms with E-state index in [1.165, 1.54) is 25.0 Å². The number of hydrogen-bond acceptors (Lipinski definition) is 4. The van der Waals surface area contributed by atoms with Gasteiger partial charge >= 0.3 is 0 Å². The van der Waals surface area contributed by atoms with Gasteiger partial charge in [0.25, 0.3) is 0 Å². The molecule has 0 atom stereocenters. The van der Waals surface area contributed by atoms with Crippen molar-refractivity contribution in [3.05, 3.63) is 47.4 Å². The third-order valence-electron chi connectivity index (χ3n) is 4.03. The third kappa shape index (κ3) is 4.50. The summed E-state index contributed by atoms with van der Waals surface area (Å²) >= 11 is 0. The Morgan fingerprint density at radius 1 is 1.04 bits per heavy atom. The molecular formula is C19H29N3O.